The normalized spacial score (nSPS) is 25.3. The van der Waals surface area contributed by atoms with Gasteiger partial charge in [-0.25, -0.2) is 17.6 Å². The standard InChI is InChI=1S/C44H47F4N7O4/c1-24-16-30-28-4-2-3-5-34(28)49-40(30)41(54(24)22-37(47)48)39-32(45)17-26(18-33(39)46)52-12-10-25(11-13-52)19-51-14-15-53-27(20-51)23-59-42-31-21-55(36-8-9-38(56)50-43(36)57)44(58)29(31)6-7-35(42)53/h2-7,17-18,24-25,27,36-37,41,49H,8-16,19-23H2,1H3,(H,50,56,57)/t24-,27-,36?,41-/m1/s1. The molecular formula is C44H47F4N7O4. The molecule has 0 aliphatic carbocycles. The van der Waals surface area contributed by atoms with Gasteiger partial charge in [0, 0.05) is 90.7 Å². The Labute approximate surface area is 339 Å². The van der Waals surface area contributed by atoms with E-state index in [-0.39, 0.29) is 42.4 Å². The number of piperazine rings is 1. The van der Waals surface area contributed by atoms with E-state index in [1.807, 2.05) is 48.2 Å². The molecule has 0 radical (unpaired) electrons. The lowest BCUT2D eigenvalue weighted by Crippen LogP contribution is -2.58. The van der Waals surface area contributed by atoms with E-state index in [9.17, 15) is 23.2 Å². The number of ether oxygens (including phenoxy) is 1. The van der Waals surface area contributed by atoms with Gasteiger partial charge in [0.1, 0.15) is 30.0 Å². The number of carbonyl (C=O) groups excluding carboxylic acids is 3. The van der Waals surface area contributed by atoms with Crippen molar-refractivity contribution < 1.29 is 36.7 Å². The van der Waals surface area contributed by atoms with Gasteiger partial charge in [-0.15, -0.1) is 0 Å². The van der Waals surface area contributed by atoms with Crippen molar-refractivity contribution in [2.75, 3.05) is 62.2 Å². The summed E-state index contributed by atoms with van der Waals surface area (Å²) in [5, 5.41) is 3.30. The highest BCUT2D eigenvalue weighted by molar-refractivity contribution is 6.06. The summed E-state index contributed by atoms with van der Waals surface area (Å²) < 4.78 is 66.8. The Bertz CT molecular complexity index is 2320. The van der Waals surface area contributed by atoms with Gasteiger partial charge in [-0.05, 0) is 74.4 Å². The van der Waals surface area contributed by atoms with E-state index in [1.54, 1.807) is 4.90 Å². The van der Waals surface area contributed by atoms with Gasteiger partial charge < -0.3 is 24.4 Å². The summed E-state index contributed by atoms with van der Waals surface area (Å²) in [6.45, 7) is 6.64. The van der Waals surface area contributed by atoms with E-state index >= 15 is 8.78 Å². The van der Waals surface area contributed by atoms with Gasteiger partial charge >= 0.3 is 0 Å². The number of amides is 3. The lowest BCUT2D eigenvalue weighted by molar-refractivity contribution is -0.136. The smallest absolute Gasteiger partial charge is 0.255 e. The molecule has 59 heavy (non-hydrogen) atoms. The third kappa shape index (κ3) is 6.60. The molecule has 0 spiro atoms. The van der Waals surface area contributed by atoms with Crippen molar-refractivity contribution in [3.8, 4) is 5.75 Å². The second-order valence-electron chi connectivity index (χ2n) is 17.1. The Hall–Kier alpha value is -5.15. The number of aromatic amines is 1. The first kappa shape index (κ1) is 38.1. The van der Waals surface area contributed by atoms with Gasteiger partial charge in [0.2, 0.25) is 11.8 Å². The summed E-state index contributed by atoms with van der Waals surface area (Å²) >= 11 is 0. The van der Waals surface area contributed by atoms with Crippen LogP contribution in [-0.4, -0.2) is 114 Å². The lowest BCUT2D eigenvalue weighted by atomic mass is 9.88. The summed E-state index contributed by atoms with van der Waals surface area (Å²) in [6.07, 6.45) is 0.0623. The number of para-hydroxylation sites is 1. The van der Waals surface area contributed by atoms with Crippen LogP contribution in [0, 0.1) is 17.6 Å². The Morgan fingerprint density at radius 3 is 2.46 bits per heavy atom. The molecule has 310 valence electrons. The molecule has 0 saturated carbocycles. The number of nitrogens with one attached hydrogen (secondary N) is 2. The molecule has 10 rings (SSSR count). The molecule has 4 aromatic rings. The number of piperidine rings is 2. The first-order valence-electron chi connectivity index (χ1n) is 20.8. The van der Waals surface area contributed by atoms with Crippen molar-refractivity contribution in [3.63, 3.8) is 0 Å². The van der Waals surface area contributed by atoms with E-state index in [0.717, 1.165) is 66.7 Å². The van der Waals surface area contributed by atoms with Gasteiger partial charge in [0.25, 0.3) is 12.3 Å². The number of alkyl halides is 2. The number of carbonyl (C=O) groups is 3. The minimum atomic E-state index is -2.66. The second-order valence-corrected chi connectivity index (χ2v) is 17.1. The maximum Gasteiger partial charge on any atom is 0.255 e. The summed E-state index contributed by atoms with van der Waals surface area (Å²) in [5.41, 5.74) is 4.84. The fraction of sp³-hybridized carbons (Fsp3) is 0.477. The first-order chi connectivity index (χ1) is 28.5. The fourth-order valence-electron chi connectivity index (χ4n) is 10.7. The van der Waals surface area contributed by atoms with Crippen molar-refractivity contribution in [3.05, 3.63) is 88.1 Å². The van der Waals surface area contributed by atoms with E-state index in [4.69, 9.17) is 4.74 Å². The predicted octanol–water partition coefficient (Wildman–Crippen LogP) is 5.61. The molecule has 0 bridgehead atoms. The van der Waals surface area contributed by atoms with E-state index in [1.165, 1.54) is 17.0 Å². The molecule has 4 atom stereocenters. The highest BCUT2D eigenvalue weighted by Crippen LogP contribution is 2.45. The molecule has 6 aliphatic heterocycles. The zero-order valence-electron chi connectivity index (χ0n) is 32.9. The monoisotopic (exact) mass is 813 g/mol. The van der Waals surface area contributed by atoms with Crippen molar-refractivity contribution in [2.45, 2.75) is 76.2 Å². The fourth-order valence-corrected chi connectivity index (χ4v) is 10.7. The number of nitrogens with zero attached hydrogens (tertiary/aromatic N) is 5. The van der Waals surface area contributed by atoms with Crippen LogP contribution in [-0.2, 0) is 22.6 Å². The van der Waals surface area contributed by atoms with Gasteiger partial charge in [-0.1, -0.05) is 18.2 Å². The number of hydrogen-bond donors (Lipinski definition) is 2. The van der Waals surface area contributed by atoms with Crippen LogP contribution in [0.4, 0.5) is 28.9 Å². The average Bonchev–Trinajstić information content (AvgIpc) is 3.75. The molecule has 11 nitrogen and oxygen atoms in total. The number of hydrogen-bond acceptors (Lipinski definition) is 8. The van der Waals surface area contributed by atoms with Crippen LogP contribution in [0.1, 0.15) is 71.4 Å². The van der Waals surface area contributed by atoms with Crippen LogP contribution in [0.25, 0.3) is 10.9 Å². The Balaban J connectivity index is 0.787. The van der Waals surface area contributed by atoms with Crippen LogP contribution < -0.4 is 19.9 Å². The van der Waals surface area contributed by atoms with Gasteiger partial charge in [-0.3, -0.25) is 29.5 Å². The third-order valence-electron chi connectivity index (χ3n) is 13.6. The number of halogens is 4. The number of rotatable bonds is 7. The zero-order valence-corrected chi connectivity index (χ0v) is 32.9. The largest absolute Gasteiger partial charge is 0.489 e. The molecule has 3 aromatic carbocycles. The summed E-state index contributed by atoms with van der Waals surface area (Å²) in [5.74, 6) is -1.34. The molecular weight excluding hydrogens is 767 g/mol. The number of anilines is 2. The predicted molar refractivity (Wildman–Crippen MR) is 213 cm³/mol. The van der Waals surface area contributed by atoms with Crippen LogP contribution in [0.3, 0.4) is 0 Å². The molecule has 3 amide bonds. The van der Waals surface area contributed by atoms with E-state index in [2.05, 4.69) is 20.1 Å². The van der Waals surface area contributed by atoms with Crippen LogP contribution >= 0.6 is 0 Å². The number of benzene rings is 3. The number of fused-ring (bicyclic) bond motifs is 8. The zero-order chi connectivity index (χ0) is 40.7. The molecule has 2 N–H and O–H groups in total. The van der Waals surface area contributed by atoms with Crippen LogP contribution in [0.2, 0.25) is 0 Å². The maximum absolute atomic E-state index is 16.3. The van der Waals surface area contributed by atoms with Crippen LogP contribution in [0.15, 0.2) is 48.5 Å². The minimum absolute atomic E-state index is 0.131. The van der Waals surface area contributed by atoms with Gasteiger partial charge in [-0.2, -0.15) is 0 Å². The molecule has 1 unspecified atom stereocenters. The highest BCUT2D eigenvalue weighted by Gasteiger charge is 2.44. The minimum Gasteiger partial charge on any atom is -0.489 e. The molecule has 6 aliphatic rings. The quantitative estimate of drug-likeness (QED) is 0.184. The summed E-state index contributed by atoms with van der Waals surface area (Å²) in [4.78, 5) is 50.9. The molecule has 7 heterocycles. The summed E-state index contributed by atoms with van der Waals surface area (Å²) in [7, 11) is 0. The van der Waals surface area contributed by atoms with E-state index < -0.39 is 42.6 Å². The summed E-state index contributed by atoms with van der Waals surface area (Å²) in [6, 6.07) is 12.2. The Kier molecular flexibility index (Phi) is 9.58. The van der Waals surface area contributed by atoms with Crippen LogP contribution in [0.5, 0.6) is 5.75 Å². The molecule has 15 heteroatoms. The number of H-pyrrole nitrogens is 1. The third-order valence-corrected chi connectivity index (χ3v) is 13.6. The number of aromatic nitrogens is 1. The highest BCUT2D eigenvalue weighted by atomic mass is 19.3. The second kappa shape index (κ2) is 14.8. The molecule has 3 saturated heterocycles. The van der Waals surface area contributed by atoms with Gasteiger partial charge in [0.15, 0.2) is 0 Å². The Morgan fingerprint density at radius 2 is 1.69 bits per heavy atom. The van der Waals surface area contributed by atoms with Crippen molar-refractivity contribution in [2.24, 2.45) is 5.92 Å². The van der Waals surface area contributed by atoms with Gasteiger partial charge in [0.05, 0.1) is 30.9 Å². The number of imide groups is 1. The van der Waals surface area contributed by atoms with Crippen molar-refractivity contribution >= 4 is 40.0 Å². The van der Waals surface area contributed by atoms with E-state index in [0.29, 0.717) is 61.2 Å². The van der Waals surface area contributed by atoms with Crippen molar-refractivity contribution in [1.29, 1.82) is 0 Å². The average molecular weight is 814 g/mol. The SMILES string of the molecule is C[C@@H]1Cc2c([nH]c3ccccc23)[C@@H](c2c(F)cc(N3CCC(CN4CCN5c6ccc7c(c6OC[C@H]5C4)CN(C4CCC(=O)NC4=O)C7=O)CC3)cc2F)N1CC(F)F. The molecule has 1 aromatic heterocycles. The van der Waals surface area contributed by atoms with Crippen molar-refractivity contribution in [1.82, 2.24) is 25.0 Å². The lowest BCUT2D eigenvalue weighted by Gasteiger charge is -2.47. The maximum atomic E-state index is 16.3. The topological polar surface area (TPSA) is 104 Å². The first-order valence-corrected chi connectivity index (χ1v) is 20.8. The Morgan fingerprint density at radius 1 is 0.915 bits per heavy atom. The molecule has 3 fully saturated rings.